The smallest absolute Gasteiger partial charge is 0.316 e. The van der Waals surface area contributed by atoms with E-state index in [9.17, 15) is 9.18 Å². The molecular weight excluding hydrogens is 467 g/mol. The maximum atomic E-state index is 13.6. The number of nitrogens with zero attached hydrogens (tertiary/aromatic N) is 5. The van der Waals surface area contributed by atoms with Crippen LogP contribution in [0.3, 0.4) is 0 Å². The molecule has 1 amide bonds. The van der Waals surface area contributed by atoms with Crippen molar-refractivity contribution in [2.45, 2.75) is 13.2 Å². The minimum Gasteiger partial charge on any atom is -0.462 e. The van der Waals surface area contributed by atoms with Gasteiger partial charge in [0.2, 0.25) is 12.2 Å². The van der Waals surface area contributed by atoms with E-state index >= 15 is 0 Å². The number of likely N-dealkylation sites (N-methyl/N-ethyl adjacent to an activating group) is 1. The second kappa shape index (κ2) is 10.7. The van der Waals surface area contributed by atoms with Gasteiger partial charge in [0.05, 0.1) is 35.7 Å². The maximum Gasteiger partial charge on any atom is 0.316 e. The summed E-state index contributed by atoms with van der Waals surface area (Å²) in [6.07, 6.45) is 0.799. The lowest BCUT2D eigenvalue weighted by atomic mass is 9.90. The minimum atomic E-state index is -0.807. The normalized spacial score (nSPS) is 19.9. The van der Waals surface area contributed by atoms with Crippen LogP contribution in [0.5, 0.6) is 6.01 Å². The highest BCUT2D eigenvalue weighted by atomic mass is 19.1. The molecule has 0 radical (unpaired) electrons. The molecule has 1 aliphatic rings. The summed E-state index contributed by atoms with van der Waals surface area (Å²) < 4.78 is 31.1. The molecule has 3 aromatic rings. The number of H-pyrrole nitrogens is 1. The van der Waals surface area contributed by atoms with E-state index in [1.54, 1.807) is 38.5 Å². The number of hydrogen-bond acceptors (Lipinski definition) is 8. The minimum absolute atomic E-state index is 0.0733. The molecule has 36 heavy (non-hydrogen) atoms. The van der Waals surface area contributed by atoms with Crippen molar-refractivity contribution >= 4 is 5.91 Å². The van der Waals surface area contributed by atoms with Crippen LogP contribution in [-0.2, 0) is 14.3 Å². The molecule has 10 nitrogen and oxygen atoms in total. The summed E-state index contributed by atoms with van der Waals surface area (Å²) in [5, 5.41) is 0. The van der Waals surface area contributed by atoms with Crippen molar-refractivity contribution in [3.63, 3.8) is 0 Å². The molecule has 1 fully saturated rings. The molecule has 1 aliphatic heterocycles. The first kappa shape index (κ1) is 25.7. The molecule has 4 rings (SSSR count). The monoisotopic (exact) mass is 498 g/mol. The Bertz CT molecular complexity index is 1190. The average Bonchev–Trinajstić information content (AvgIpc) is 3.30. The van der Waals surface area contributed by atoms with E-state index in [4.69, 9.17) is 19.2 Å². The largest absolute Gasteiger partial charge is 0.462 e. The summed E-state index contributed by atoms with van der Waals surface area (Å²) in [6.45, 7) is 3.31. The van der Waals surface area contributed by atoms with Crippen molar-refractivity contribution in [1.82, 2.24) is 29.7 Å². The van der Waals surface area contributed by atoms with Gasteiger partial charge >= 0.3 is 6.01 Å². The van der Waals surface area contributed by atoms with Crippen LogP contribution in [0.15, 0.2) is 36.5 Å². The van der Waals surface area contributed by atoms with Crippen molar-refractivity contribution in [1.29, 1.82) is 0 Å². The number of rotatable bonds is 8. The lowest BCUT2D eigenvalue weighted by molar-refractivity contribution is -0.233. The summed E-state index contributed by atoms with van der Waals surface area (Å²) in [6, 6.07) is 8.00. The fourth-order valence-corrected chi connectivity index (χ4v) is 3.80. The SMILES string of the molecule is CN(C)CCOc1nccc(-c2[nH]c(C3OCC(C)(C(=O)N(C)C)CO3)nc2-c2ccc(F)cc2)n1. The molecule has 0 saturated carbocycles. The van der Waals surface area contributed by atoms with Crippen molar-refractivity contribution in [2.75, 3.05) is 54.6 Å². The second-order valence-electron chi connectivity index (χ2n) is 9.44. The molecule has 1 N–H and O–H groups in total. The third kappa shape index (κ3) is 5.69. The molecule has 0 bridgehead atoms. The second-order valence-corrected chi connectivity index (χ2v) is 9.44. The highest BCUT2D eigenvalue weighted by Crippen LogP contribution is 2.36. The van der Waals surface area contributed by atoms with E-state index in [1.807, 2.05) is 25.9 Å². The fraction of sp³-hybridized carbons (Fsp3) is 0.440. The highest BCUT2D eigenvalue weighted by molar-refractivity contribution is 5.82. The van der Waals surface area contributed by atoms with Gasteiger partial charge in [-0.05, 0) is 51.4 Å². The van der Waals surface area contributed by atoms with Gasteiger partial charge in [-0.15, -0.1) is 0 Å². The summed E-state index contributed by atoms with van der Waals surface area (Å²) in [4.78, 5) is 32.8. The van der Waals surface area contributed by atoms with E-state index < -0.39 is 11.7 Å². The quantitative estimate of drug-likeness (QED) is 0.506. The first-order valence-corrected chi connectivity index (χ1v) is 11.6. The molecule has 1 saturated heterocycles. The predicted octanol–water partition coefficient (Wildman–Crippen LogP) is 2.75. The topological polar surface area (TPSA) is 106 Å². The maximum absolute atomic E-state index is 13.6. The summed E-state index contributed by atoms with van der Waals surface area (Å²) in [5.74, 6) is -0.00769. The van der Waals surface area contributed by atoms with Gasteiger partial charge in [0, 0.05) is 32.4 Å². The fourth-order valence-electron chi connectivity index (χ4n) is 3.80. The average molecular weight is 499 g/mol. The third-order valence-corrected chi connectivity index (χ3v) is 5.75. The zero-order valence-corrected chi connectivity index (χ0v) is 21.1. The van der Waals surface area contributed by atoms with Crippen LogP contribution in [0, 0.1) is 11.2 Å². The molecule has 3 heterocycles. The molecule has 192 valence electrons. The molecule has 0 unspecified atom stereocenters. The molecule has 2 aromatic heterocycles. The summed E-state index contributed by atoms with van der Waals surface area (Å²) >= 11 is 0. The molecule has 0 aliphatic carbocycles. The van der Waals surface area contributed by atoms with Gasteiger partial charge in [0.1, 0.15) is 12.4 Å². The molecule has 0 atom stereocenters. The molecule has 11 heteroatoms. The summed E-state index contributed by atoms with van der Waals surface area (Å²) in [7, 11) is 7.31. The number of hydrogen-bond donors (Lipinski definition) is 1. The first-order chi connectivity index (χ1) is 17.2. The van der Waals surface area contributed by atoms with Crippen LogP contribution in [-0.4, -0.2) is 90.2 Å². The van der Waals surface area contributed by atoms with Gasteiger partial charge in [-0.25, -0.2) is 14.4 Å². The number of imidazole rings is 1. The van der Waals surface area contributed by atoms with Crippen LogP contribution in [0.25, 0.3) is 22.6 Å². The number of carbonyl (C=O) groups is 1. The highest BCUT2D eigenvalue weighted by Gasteiger charge is 2.41. The Kier molecular flexibility index (Phi) is 7.62. The van der Waals surface area contributed by atoms with Crippen molar-refractivity contribution in [2.24, 2.45) is 5.41 Å². The zero-order valence-electron chi connectivity index (χ0n) is 21.1. The van der Waals surface area contributed by atoms with Crippen LogP contribution >= 0.6 is 0 Å². The molecule has 0 spiro atoms. The Morgan fingerprint density at radius 1 is 1.14 bits per heavy atom. The Morgan fingerprint density at radius 3 is 2.47 bits per heavy atom. The van der Waals surface area contributed by atoms with Gasteiger partial charge in [0.15, 0.2) is 5.82 Å². The number of carbonyl (C=O) groups excluding carboxylic acids is 1. The van der Waals surface area contributed by atoms with E-state index in [2.05, 4.69) is 15.0 Å². The standard InChI is InChI=1S/C25H31FN6O4/c1-25(23(33)32(4)5)14-35-22(36-15-25)21-29-19(16-6-8-17(26)9-7-16)20(30-21)18-10-11-27-24(28-18)34-13-12-31(2)3/h6-11,22H,12-15H2,1-5H3,(H,29,30). The van der Waals surface area contributed by atoms with Gasteiger partial charge < -0.3 is 29.0 Å². The summed E-state index contributed by atoms with van der Waals surface area (Å²) in [5.41, 5.74) is 1.58. The zero-order chi connectivity index (χ0) is 25.9. The Morgan fingerprint density at radius 2 is 1.83 bits per heavy atom. The number of nitrogens with one attached hydrogen (secondary N) is 1. The lowest BCUT2D eigenvalue weighted by Crippen LogP contribution is -2.48. The van der Waals surface area contributed by atoms with E-state index in [-0.39, 0.29) is 30.9 Å². The van der Waals surface area contributed by atoms with E-state index in [1.165, 1.54) is 17.0 Å². The predicted molar refractivity (Wildman–Crippen MR) is 131 cm³/mol. The van der Waals surface area contributed by atoms with Crippen LogP contribution in [0.1, 0.15) is 19.0 Å². The number of benzene rings is 1. The van der Waals surface area contributed by atoms with Gasteiger partial charge in [0.25, 0.3) is 0 Å². The number of amides is 1. The number of aromatic amines is 1. The molecule has 1 aromatic carbocycles. The number of aromatic nitrogens is 4. The van der Waals surface area contributed by atoms with Crippen molar-refractivity contribution in [3.05, 3.63) is 48.2 Å². The van der Waals surface area contributed by atoms with Crippen LogP contribution in [0.4, 0.5) is 4.39 Å². The van der Waals surface area contributed by atoms with Gasteiger partial charge in [-0.3, -0.25) is 4.79 Å². The Hall–Kier alpha value is -3.41. The van der Waals surface area contributed by atoms with E-state index in [0.29, 0.717) is 41.6 Å². The Labute approximate surface area is 209 Å². The Balaban J connectivity index is 1.64. The van der Waals surface area contributed by atoms with Crippen molar-refractivity contribution in [3.8, 4) is 28.7 Å². The third-order valence-electron chi connectivity index (χ3n) is 5.75. The number of halogens is 1. The first-order valence-electron chi connectivity index (χ1n) is 11.6. The lowest BCUT2D eigenvalue weighted by Gasteiger charge is -2.36. The van der Waals surface area contributed by atoms with Crippen LogP contribution < -0.4 is 4.74 Å². The number of ether oxygens (including phenoxy) is 3. The van der Waals surface area contributed by atoms with Gasteiger partial charge in [-0.1, -0.05) is 0 Å². The van der Waals surface area contributed by atoms with Crippen molar-refractivity contribution < 1.29 is 23.4 Å². The molecular formula is C25H31FN6O4. The van der Waals surface area contributed by atoms with Crippen LogP contribution in [0.2, 0.25) is 0 Å². The van der Waals surface area contributed by atoms with E-state index in [0.717, 1.165) is 0 Å². The van der Waals surface area contributed by atoms with Gasteiger partial charge in [-0.2, -0.15) is 4.98 Å².